The van der Waals surface area contributed by atoms with Gasteiger partial charge in [-0.15, -0.1) is 0 Å². The molecule has 0 aromatic heterocycles. The molecule has 0 aliphatic heterocycles. The normalized spacial score (nSPS) is 60.0. The molecule has 4 aliphatic rings. The molecule has 0 aromatic carbocycles. The summed E-state index contributed by atoms with van der Waals surface area (Å²) < 4.78 is 0. The van der Waals surface area contributed by atoms with E-state index in [4.69, 9.17) is 0 Å². The van der Waals surface area contributed by atoms with Crippen molar-refractivity contribution in [3.05, 3.63) is 0 Å². The van der Waals surface area contributed by atoms with Gasteiger partial charge in [-0.3, -0.25) is 0 Å². The smallest absolute Gasteiger partial charge is 0.0596 e. The monoisotopic (exact) mass is 292 g/mol. The molecule has 0 amide bonds. The van der Waals surface area contributed by atoms with Crippen LogP contribution in [-0.4, -0.2) is 22.4 Å². The van der Waals surface area contributed by atoms with E-state index in [1.807, 2.05) is 0 Å². The summed E-state index contributed by atoms with van der Waals surface area (Å²) in [6.45, 7) is 4.90. The summed E-state index contributed by atoms with van der Waals surface area (Å²) in [4.78, 5) is 0. The highest BCUT2D eigenvalue weighted by Crippen LogP contribution is 2.66. The summed E-state index contributed by atoms with van der Waals surface area (Å²) in [5.74, 6) is 3.21. The summed E-state index contributed by atoms with van der Waals surface area (Å²) in [7, 11) is 0. The Kier molecular flexibility index (Phi) is 3.25. The molecule has 120 valence electrons. The first-order valence-electron chi connectivity index (χ1n) is 9.31. The highest BCUT2D eigenvalue weighted by Gasteiger charge is 2.59. The highest BCUT2D eigenvalue weighted by atomic mass is 16.3. The highest BCUT2D eigenvalue weighted by molar-refractivity contribution is 5.09. The number of hydrogen-bond donors (Lipinski definition) is 2. The van der Waals surface area contributed by atoms with Gasteiger partial charge in [-0.2, -0.15) is 0 Å². The zero-order valence-electron chi connectivity index (χ0n) is 13.7. The Bertz CT molecular complexity index is 422. The summed E-state index contributed by atoms with van der Waals surface area (Å²) in [5, 5.41) is 20.5. The zero-order valence-corrected chi connectivity index (χ0v) is 13.7. The molecule has 4 saturated carbocycles. The van der Waals surface area contributed by atoms with Crippen LogP contribution in [0.5, 0.6) is 0 Å². The number of fused-ring (bicyclic) bond motifs is 5. The first-order chi connectivity index (χ1) is 9.95. The molecule has 0 spiro atoms. The molecule has 8 atom stereocenters. The van der Waals surface area contributed by atoms with Crippen LogP contribution in [0.3, 0.4) is 0 Å². The zero-order chi connectivity index (χ0) is 14.8. The van der Waals surface area contributed by atoms with Crippen LogP contribution in [0.25, 0.3) is 0 Å². The quantitative estimate of drug-likeness (QED) is 0.714. The SMILES string of the molecule is C[C@]12CC[C@@H](O)C[C@@H]1CC[C@H]1[C@H]2CC[C@]2(C)[C@@H]1CC[C@@H]2O. The molecule has 21 heavy (non-hydrogen) atoms. The van der Waals surface area contributed by atoms with Gasteiger partial charge in [0, 0.05) is 0 Å². The molecule has 0 heterocycles. The van der Waals surface area contributed by atoms with E-state index in [1.165, 1.54) is 38.5 Å². The average molecular weight is 292 g/mol. The van der Waals surface area contributed by atoms with Crippen molar-refractivity contribution in [2.75, 3.05) is 0 Å². The number of hydrogen-bond acceptors (Lipinski definition) is 2. The van der Waals surface area contributed by atoms with Crippen LogP contribution in [0, 0.1) is 34.5 Å². The van der Waals surface area contributed by atoms with Crippen LogP contribution in [0.4, 0.5) is 0 Å². The van der Waals surface area contributed by atoms with Crippen molar-refractivity contribution in [1.82, 2.24) is 0 Å². The molecule has 4 rings (SSSR count). The Morgan fingerprint density at radius 1 is 0.762 bits per heavy atom. The Labute approximate surface area is 129 Å². The maximum Gasteiger partial charge on any atom is 0.0596 e. The van der Waals surface area contributed by atoms with E-state index in [-0.39, 0.29) is 17.6 Å². The van der Waals surface area contributed by atoms with Gasteiger partial charge in [0.1, 0.15) is 0 Å². The van der Waals surface area contributed by atoms with Crippen LogP contribution in [0.1, 0.15) is 71.6 Å². The molecule has 0 radical (unpaired) electrons. The Morgan fingerprint density at radius 2 is 1.48 bits per heavy atom. The van der Waals surface area contributed by atoms with Crippen molar-refractivity contribution in [2.24, 2.45) is 34.5 Å². The Balaban J connectivity index is 1.62. The van der Waals surface area contributed by atoms with Gasteiger partial charge in [-0.1, -0.05) is 13.8 Å². The third-order valence-electron chi connectivity index (χ3n) is 8.59. The first kappa shape index (κ1) is 14.5. The minimum absolute atomic E-state index is 0.0400. The van der Waals surface area contributed by atoms with Gasteiger partial charge in [0.15, 0.2) is 0 Å². The minimum atomic E-state index is -0.0536. The molecule has 4 aliphatic carbocycles. The largest absolute Gasteiger partial charge is 0.393 e. The fourth-order valence-corrected chi connectivity index (χ4v) is 7.21. The van der Waals surface area contributed by atoms with Gasteiger partial charge in [-0.25, -0.2) is 0 Å². The van der Waals surface area contributed by atoms with E-state index in [1.54, 1.807) is 0 Å². The predicted octanol–water partition coefficient (Wildman–Crippen LogP) is 3.75. The third-order valence-corrected chi connectivity index (χ3v) is 8.59. The van der Waals surface area contributed by atoms with Gasteiger partial charge in [0.25, 0.3) is 0 Å². The molecule has 2 nitrogen and oxygen atoms in total. The van der Waals surface area contributed by atoms with Gasteiger partial charge in [-0.05, 0) is 92.3 Å². The molecule has 2 N–H and O–H groups in total. The third kappa shape index (κ3) is 1.91. The number of aliphatic hydroxyl groups is 2. The van der Waals surface area contributed by atoms with Crippen molar-refractivity contribution in [1.29, 1.82) is 0 Å². The molecule has 2 heteroatoms. The van der Waals surface area contributed by atoms with Crippen molar-refractivity contribution in [2.45, 2.75) is 83.8 Å². The molecule has 0 saturated heterocycles. The van der Waals surface area contributed by atoms with Gasteiger partial charge in [0.2, 0.25) is 0 Å². The lowest BCUT2D eigenvalue weighted by atomic mass is 9.45. The van der Waals surface area contributed by atoms with Gasteiger partial charge in [0.05, 0.1) is 12.2 Å². The van der Waals surface area contributed by atoms with E-state index >= 15 is 0 Å². The van der Waals surface area contributed by atoms with Crippen molar-refractivity contribution in [3.63, 3.8) is 0 Å². The second-order valence-corrected chi connectivity index (χ2v) is 9.22. The second-order valence-electron chi connectivity index (χ2n) is 9.22. The fourth-order valence-electron chi connectivity index (χ4n) is 7.21. The van der Waals surface area contributed by atoms with Crippen LogP contribution in [0.15, 0.2) is 0 Å². The number of aliphatic hydroxyl groups excluding tert-OH is 2. The maximum absolute atomic E-state index is 10.5. The molecular weight excluding hydrogens is 260 g/mol. The fraction of sp³-hybridized carbons (Fsp3) is 1.00. The molecular formula is C19H32O2. The lowest BCUT2D eigenvalue weighted by Gasteiger charge is -2.60. The summed E-state index contributed by atoms with van der Waals surface area (Å²) >= 11 is 0. The molecule has 0 aromatic rings. The Morgan fingerprint density at radius 3 is 2.29 bits per heavy atom. The van der Waals surface area contributed by atoms with Crippen LogP contribution >= 0.6 is 0 Å². The van der Waals surface area contributed by atoms with Crippen molar-refractivity contribution >= 4 is 0 Å². The Hall–Kier alpha value is -0.0800. The lowest BCUT2D eigenvalue weighted by molar-refractivity contribution is -0.133. The summed E-state index contributed by atoms with van der Waals surface area (Å²) in [6, 6.07) is 0. The van der Waals surface area contributed by atoms with E-state index in [9.17, 15) is 10.2 Å². The van der Waals surface area contributed by atoms with Crippen LogP contribution < -0.4 is 0 Å². The predicted molar refractivity (Wildman–Crippen MR) is 83.7 cm³/mol. The van der Waals surface area contributed by atoms with Gasteiger partial charge >= 0.3 is 0 Å². The summed E-state index contributed by atoms with van der Waals surface area (Å²) in [6.07, 6.45) is 10.7. The van der Waals surface area contributed by atoms with E-state index in [0.29, 0.717) is 5.41 Å². The van der Waals surface area contributed by atoms with E-state index in [2.05, 4.69) is 13.8 Å². The molecule has 0 bridgehead atoms. The van der Waals surface area contributed by atoms with E-state index < -0.39 is 0 Å². The molecule has 0 unspecified atom stereocenters. The van der Waals surface area contributed by atoms with Crippen LogP contribution in [-0.2, 0) is 0 Å². The minimum Gasteiger partial charge on any atom is -0.393 e. The maximum atomic E-state index is 10.5. The first-order valence-corrected chi connectivity index (χ1v) is 9.31. The lowest BCUT2D eigenvalue weighted by Crippen LogP contribution is -2.54. The average Bonchev–Trinajstić information content (AvgIpc) is 2.76. The molecule has 4 fully saturated rings. The standard InChI is InChI=1S/C19H32O2/c1-18-9-7-13(20)11-12(18)3-4-14-15-5-6-17(21)19(15,2)10-8-16(14)18/h12-17,20-21H,3-11H2,1-2H3/t12-,13+,14+,15+,16+,17-,18-,19+/m0/s1. The van der Waals surface area contributed by atoms with Crippen LogP contribution in [0.2, 0.25) is 0 Å². The topological polar surface area (TPSA) is 40.5 Å². The second kappa shape index (κ2) is 4.71. The number of rotatable bonds is 0. The van der Waals surface area contributed by atoms with Crippen molar-refractivity contribution in [3.8, 4) is 0 Å². The summed E-state index contributed by atoms with van der Waals surface area (Å²) in [5.41, 5.74) is 0.676. The van der Waals surface area contributed by atoms with E-state index in [0.717, 1.165) is 42.9 Å². The van der Waals surface area contributed by atoms with Gasteiger partial charge < -0.3 is 10.2 Å². The van der Waals surface area contributed by atoms with Crippen molar-refractivity contribution < 1.29 is 10.2 Å².